The highest BCUT2D eigenvalue weighted by Crippen LogP contribution is 2.25. The first-order valence-electron chi connectivity index (χ1n) is 4.85. The first kappa shape index (κ1) is 13.6. The zero-order chi connectivity index (χ0) is 12.8. The van der Waals surface area contributed by atoms with Crippen molar-refractivity contribution in [3.63, 3.8) is 0 Å². The summed E-state index contributed by atoms with van der Waals surface area (Å²) in [6.45, 7) is 2.38. The van der Waals surface area contributed by atoms with Gasteiger partial charge in [-0.3, -0.25) is 0 Å². The Morgan fingerprint density at radius 1 is 1.65 bits per heavy atom. The second-order valence-corrected chi connectivity index (χ2v) is 4.37. The van der Waals surface area contributed by atoms with Gasteiger partial charge in [0.2, 0.25) is 5.88 Å². The normalized spacial score (nSPS) is 10.6. The molecule has 1 aromatic rings. The van der Waals surface area contributed by atoms with E-state index in [1.165, 1.54) is 0 Å². The number of ether oxygens (including phenoxy) is 1. The Hall–Kier alpha value is -1.50. The number of carboxylic acid groups (broad SMARTS) is 1. The molecule has 92 valence electrons. The van der Waals surface area contributed by atoms with Crippen molar-refractivity contribution in [2.45, 2.75) is 19.0 Å². The van der Waals surface area contributed by atoms with Crippen LogP contribution in [0, 0.1) is 0 Å². The monoisotopic (exact) mass is 259 g/mol. The maximum Gasteiger partial charge on any atom is 0.337 e. The highest BCUT2D eigenvalue weighted by molar-refractivity contribution is 6.33. The lowest BCUT2D eigenvalue weighted by molar-refractivity contribution is 0.0683. The maximum absolute atomic E-state index is 12.6. The average molecular weight is 259 g/mol. The van der Waals surface area contributed by atoms with Crippen LogP contribution in [0.1, 0.15) is 22.3 Å². The smallest absolute Gasteiger partial charge is 0.337 e. The number of aromatic nitrogens is 1. The van der Waals surface area contributed by atoms with Crippen molar-refractivity contribution in [2.24, 2.45) is 0 Å². The number of pyridine rings is 1. The fraction of sp³-hybridized carbons (Fsp3) is 0.400. The summed E-state index contributed by atoms with van der Waals surface area (Å²) < 4.78 is 30.4. The van der Waals surface area contributed by atoms with Crippen LogP contribution in [0.25, 0.3) is 0 Å². The Kier molecular flexibility index (Phi) is 5.01. The number of carbonyl (C=O) groups is 1. The molecule has 0 saturated heterocycles. The van der Waals surface area contributed by atoms with Crippen molar-refractivity contribution in [3.8, 4) is 5.88 Å². The third-order valence-corrected chi connectivity index (χ3v) is 2.68. The van der Waals surface area contributed by atoms with Gasteiger partial charge in [-0.25, -0.2) is 18.6 Å². The zero-order valence-electron chi connectivity index (χ0n) is 9.11. The number of hydrogen-bond acceptors (Lipinski definition) is 3. The van der Waals surface area contributed by atoms with E-state index in [0.29, 0.717) is 16.1 Å². The Labute approximate surface area is 99.5 Å². The number of nitrogens with zero attached hydrogens (tertiary/aromatic N) is 1. The van der Waals surface area contributed by atoms with E-state index in [1.807, 2.05) is 6.55 Å². The standard InChI is InChI=1S/C10H11F2NO3Si/c1-17-3-2-16-8-4-6(9(11)12)7(5-13-8)10(14)15/h4-5,9H,2-3H2,1H3,(H,14,15). The van der Waals surface area contributed by atoms with Gasteiger partial charge in [0, 0.05) is 27.3 Å². The second-order valence-electron chi connectivity index (χ2n) is 3.17. The van der Waals surface area contributed by atoms with Gasteiger partial charge in [0.15, 0.2) is 0 Å². The molecule has 2 radical (unpaired) electrons. The fourth-order valence-corrected chi connectivity index (χ4v) is 1.45. The molecule has 17 heavy (non-hydrogen) atoms. The SMILES string of the molecule is C[Si]CCOc1cc(C(F)F)c(C(=O)O)cn1. The van der Waals surface area contributed by atoms with Crippen molar-refractivity contribution in [2.75, 3.05) is 6.61 Å². The van der Waals surface area contributed by atoms with Crippen molar-refractivity contribution in [1.82, 2.24) is 4.98 Å². The van der Waals surface area contributed by atoms with Crippen LogP contribution in [0.15, 0.2) is 12.3 Å². The van der Waals surface area contributed by atoms with E-state index in [-0.39, 0.29) is 5.88 Å². The predicted molar refractivity (Wildman–Crippen MR) is 58.1 cm³/mol. The minimum Gasteiger partial charge on any atom is -0.478 e. The highest BCUT2D eigenvalue weighted by atomic mass is 28.2. The topological polar surface area (TPSA) is 59.4 Å². The van der Waals surface area contributed by atoms with Crippen molar-refractivity contribution in [1.29, 1.82) is 0 Å². The lowest BCUT2D eigenvalue weighted by Gasteiger charge is -2.08. The van der Waals surface area contributed by atoms with Gasteiger partial charge in [0.05, 0.1) is 12.2 Å². The molecular weight excluding hydrogens is 248 g/mol. The van der Waals surface area contributed by atoms with E-state index in [1.54, 1.807) is 0 Å². The third-order valence-electron chi connectivity index (χ3n) is 1.98. The molecule has 7 heteroatoms. The molecule has 1 heterocycles. The zero-order valence-corrected chi connectivity index (χ0v) is 10.1. The number of alkyl halides is 2. The quantitative estimate of drug-likeness (QED) is 0.629. The molecule has 0 bridgehead atoms. The highest BCUT2D eigenvalue weighted by Gasteiger charge is 2.19. The summed E-state index contributed by atoms with van der Waals surface area (Å²) in [5.74, 6) is -1.39. The van der Waals surface area contributed by atoms with Crippen molar-refractivity contribution >= 4 is 15.5 Å². The predicted octanol–water partition coefficient (Wildman–Crippen LogP) is 2.27. The van der Waals surface area contributed by atoms with E-state index in [0.717, 1.165) is 18.3 Å². The van der Waals surface area contributed by atoms with Crippen LogP contribution in [0.5, 0.6) is 5.88 Å². The Bertz CT molecular complexity index is 401. The summed E-state index contributed by atoms with van der Waals surface area (Å²) in [4.78, 5) is 14.4. The summed E-state index contributed by atoms with van der Waals surface area (Å²) in [6.07, 6.45) is -1.97. The lowest BCUT2D eigenvalue weighted by atomic mass is 10.1. The van der Waals surface area contributed by atoms with Gasteiger partial charge in [-0.15, -0.1) is 0 Å². The van der Waals surface area contributed by atoms with Crippen LogP contribution in [0.4, 0.5) is 8.78 Å². The Morgan fingerprint density at radius 2 is 2.35 bits per heavy atom. The minimum atomic E-state index is -2.86. The molecule has 0 amide bonds. The average Bonchev–Trinajstić information content (AvgIpc) is 2.29. The second kappa shape index (κ2) is 6.29. The number of rotatable bonds is 6. The van der Waals surface area contributed by atoms with E-state index in [9.17, 15) is 13.6 Å². The molecule has 1 rings (SSSR count). The molecule has 0 aliphatic carbocycles. The lowest BCUT2D eigenvalue weighted by Crippen LogP contribution is -2.06. The first-order chi connectivity index (χ1) is 8.06. The molecule has 0 unspecified atom stereocenters. The number of aromatic carboxylic acids is 1. The molecule has 0 fully saturated rings. The van der Waals surface area contributed by atoms with Gasteiger partial charge >= 0.3 is 5.97 Å². The van der Waals surface area contributed by atoms with E-state index in [2.05, 4.69) is 4.98 Å². The molecule has 4 nitrogen and oxygen atoms in total. The Morgan fingerprint density at radius 3 is 2.88 bits per heavy atom. The molecule has 0 aromatic carbocycles. The molecule has 0 atom stereocenters. The van der Waals surface area contributed by atoms with Crippen LogP contribution in [-0.4, -0.2) is 32.2 Å². The van der Waals surface area contributed by atoms with E-state index < -0.39 is 23.5 Å². The van der Waals surface area contributed by atoms with Crippen LogP contribution in [0.2, 0.25) is 12.6 Å². The molecule has 0 aliphatic rings. The summed E-state index contributed by atoms with van der Waals surface area (Å²) in [7, 11) is 0.701. The van der Waals surface area contributed by atoms with Gasteiger partial charge < -0.3 is 9.84 Å². The fourth-order valence-electron chi connectivity index (χ4n) is 1.15. The van der Waals surface area contributed by atoms with Gasteiger partial charge in [0.1, 0.15) is 0 Å². The molecular formula is C10H11F2NO3Si. The maximum atomic E-state index is 12.6. The molecule has 0 saturated carbocycles. The van der Waals surface area contributed by atoms with Crippen LogP contribution in [0.3, 0.4) is 0 Å². The van der Waals surface area contributed by atoms with Crippen LogP contribution >= 0.6 is 0 Å². The van der Waals surface area contributed by atoms with Gasteiger partial charge in [-0.1, -0.05) is 6.55 Å². The van der Waals surface area contributed by atoms with E-state index in [4.69, 9.17) is 9.84 Å². The molecule has 0 spiro atoms. The first-order valence-corrected chi connectivity index (χ1v) is 6.55. The number of halogens is 2. The van der Waals surface area contributed by atoms with Crippen LogP contribution in [-0.2, 0) is 0 Å². The number of carboxylic acids is 1. The molecule has 0 aliphatic heterocycles. The third kappa shape index (κ3) is 3.77. The summed E-state index contributed by atoms with van der Waals surface area (Å²) in [6, 6.07) is 1.79. The summed E-state index contributed by atoms with van der Waals surface area (Å²) in [5.41, 5.74) is -1.06. The van der Waals surface area contributed by atoms with Crippen molar-refractivity contribution in [3.05, 3.63) is 23.4 Å². The van der Waals surface area contributed by atoms with Gasteiger partial charge in [-0.05, 0) is 6.04 Å². The largest absolute Gasteiger partial charge is 0.478 e. The summed E-state index contributed by atoms with van der Waals surface area (Å²) in [5, 5.41) is 8.71. The van der Waals surface area contributed by atoms with Gasteiger partial charge in [-0.2, -0.15) is 0 Å². The molecule has 1 N–H and O–H groups in total. The summed E-state index contributed by atoms with van der Waals surface area (Å²) >= 11 is 0. The minimum absolute atomic E-state index is 0.0311. The number of hydrogen-bond donors (Lipinski definition) is 1. The molecule has 1 aromatic heterocycles. The van der Waals surface area contributed by atoms with Crippen LogP contribution < -0.4 is 4.74 Å². The van der Waals surface area contributed by atoms with E-state index >= 15 is 0 Å². The van der Waals surface area contributed by atoms with Crippen molar-refractivity contribution < 1.29 is 23.4 Å². The Balaban J connectivity index is 2.90. The van der Waals surface area contributed by atoms with Gasteiger partial charge in [0.25, 0.3) is 6.43 Å².